The molecule has 1 heterocycles. The zero-order valence-corrected chi connectivity index (χ0v) is 14.9. The van der Waals surface area contributed by atoms with Gasteiger partial charge in [-0.3, -0.25) is 4.99 Å². The van der Waals surface area contributed by atoms with Crippen molar-refractivity contribution >= 4 is 5.96 Å². The van der Waals surface area contributed by atoms with Crippen molar-refractivity contribution in [1.29, 1.82) is 0 Å². The van der Waals surface area contributed by atoms with Crippen molar-refractivity contribution in [3.8, 4) is 11.3 Å². The highest BCUT2D eigenvalue weighted by molar-refractivity contribution is 5.79. The Kier molecular flexibility index (Phi) is 5.63. The summed E-state index contributed by atoms with van der Waals surface area (Å²) >= 11 is 0. The van der Waals surface area contributed by atoms with Crippen LogP contribution in [0.1, 0.15) is 17.0 Å². The Bertz CT molecular complexity index is 886. The number of aryl methyl sites for hydroxylation is 1. The maximum Gasteiger partial charge on any atom is 0.191 e. The zero-order chi connectivity index (χ0) is 18.4. The summed E-state index contributed by atoms with van der Waals surface area (Å²) < 4.78 is 13.3. The van der Waals surface area contributed by atoms with Crippen LogP contribution in [0.2, 0.25) is 0 Å². The Morgan fingerprint density at radius 2 is 1.88 bits per heavy atom. The molecule has 0 radical (unpaired) electrons. The molecule has 0 unspecified atom stereocenters. The third kappa shape index (κ3) is 4.47. The van der Waals surface area contributed by atoms with E-state index in [-0.39, 0.29) is 5.82 Å². The fourth-order valence-electron chi connectivity index (χ4n) is 2.61. The lowest BCUT2D eigenvalue weighted by atomic mass is 10.1. The van der Waals surface area contributed by atoms with Crippen molar-refractivity contribution in [3.63, 3.8) is 0 Å². The number of H-pyrrole nitrogens is 1. The fraction of sp³-hybridized carbons (Fsp3) is 0.200. The quantitative estimate of drug-likeness (QED) is 0.488. The van der Waals surface area contributed by atoms with Crippen LogP contribution < -0.4 is 10.6 Å². The average molecular weight is 351 g/mol. The number of aliphatic imine (C=N–C) groups is 1. The number of nitrogens with zero attached hydrogens (tertiary/aromatic N) is 2. The number of benzene rings is 2. The van der Waals surface area contributed by atoms with Crippen LogP contribution in [0, 0.1) is 12.7 Å². The van der Waals surface area contributed by atoms with Crippen LogP contribution in [0.4, 0.5) is 4.39 Å². The van der Waals surface area contributed by atoms with Gasteiger partial charge in [0.15, 0.2) is 5.96 Å². The van der Waals surface area contributed by atoms with E-state index in [9.17, 15) is 4.39 Å². The summed E-state index contributed by atoms with van der Waals surface area (Å²) in [5, 5.41) is 6.43. The summed E-state index contributed by atoms with van der Waals surface area (Å²) in [7, 11) is 1.71. The minimum Gasteiger partial charge on any atom is -0.352 e. The first kappa shape index (κ1) is 17.7. The van der Waals surface area contributed by atoms with E-state index in [1.54, 1.807) is 20.0 Å². The van der Waals surface area contributed by atoms with Gasteiger partial charge in [-0.15, -0.1) is 0 Å². The minimum atomic E-state index is -0.191. The van der Waals surface area contributed by atoms with Crippen LogP contribution in [-0.4, -0.2) is 23.0 Å². The molecule has 3 N–H and O–H groups in total. The molecule has 1 aromatic heterocycles. The standard InChI is InChI=1S/C20H22FN5/c1-14-10-15(8-9-17(14)21)11-24-20(22-2)25-13-19-23-12-18(26-19)16-6-4-3-5-7-16/h3-10,12H,11,13H2,1-2H3,(H,23,26)(H2,22,24,25). The molecular formula is C20H22FN5. The number of hydrogen-bond acceptors (Lipinski definition) is 2. The molecule has 0 aliphatic rings. The van der Waals surface area contributed by atoms with Gasteiger partial charge < -0.3 is 15.6 Å². The van der Waals surface area contributed by atoms with Crippen molar-refractivity contribution in [2.24, 2.45) is 4.99 Å². The average Bonchev–Trinajstić information content (AvgIpc) is 3.14. The van der Waals surface area contributed by atoms with Gasteiger partial charge in [-0.25, -0.2) is 9.37 Å². The molecule has 0 bridgehead atoms. The maximum absolute atomic E-state index is 13.3. The van der Waals surface area contributed by atoms with Crippen LogP contribution in [-0.2, 0) is 13.1 Å². The van der Waals surface area contributed by atoms with E-state index < -0.39 is 0 Å². The van der Waals surface area contributed by atoms with Crippen LogP contribution in [0.25, 0.3) is 11.3 Å². The highest BCUT2D eigenvalue weighted by atomic mass is 19.1. The normalized spacial score (nSPS) is 11.4. The van der Waals surface area contributed by atoms with Crippen molar-refractivity contribution in [3.05, 3.63) is 77.5 Å². The first-order chi connectivity index (χ1) is 12.7. The molecule has 5 nitrogen and oxygen atoms in total. The van der Waals surface area contributed by atoms with Crippen LogP contribution >= 0.6 is 0 Å². The van der Waals surface area contributed by atoms with Crippen molar-refractivity contribution in [2.45, 2.75) is 20.0 Å². The molecular weight excluding hydrogens is 329 g/mol. The number of nitrogens with one attached hydrogen (secondary N) is 3. The van der Waals surface area contributed by atoms with Gasteiger partial charge >= 0.3 is 0 Å². The summed E-state index contributed by atoms with van der Waals surface area (Å²) in [6, 6.07) is 15.1. The Morgan fingerprint density at radius 3 is 2.62 bits per heavy atom. The van der Waals surface area contributed by atoms with Crippen molar-refractivity contribution in [1.82, 2.24) is 20.6 Å². The van der Waals surface area contributed by atoms with Gasteiger partial charge in [0.1, 0.15) is 11.6 Å². The molecule has 0 aliphatic heterocycles. The molecule has 0 saturated carbocycles. The Hall–Kier alpha value is -3.15. The monoisotopic (exact) mass is 351 g/mol. The molecule has 0 saturated heterocycles. The molecule has 6 heteroatoms. The van der Waals surface area contributed by atoms with Crippen LogP contribution in [0.3, 0.4) is 0 Å². The summed E-state index contributed by atoms with van der Waals surface area (Å²) in [5.41, 5.74) is 3.71. The largest absolute Gasteiger partial charge is 0.352 e. The van der Waals surface area contributed by atoms with Crippen LogP contribution in [0.15, 0.2) is 59.7 Å². The number of halogens is 1. The first-order valence-electron chi connectivity index (χ1n) is 8.44. The predicted octanol–water partition coefficient (Wildman–Crippen LogP) is 3.39. The SMILES string of the molecule is CN=C(NCc1ccc(F)c(C)c1)NCc1ncc(-c2ccccc2)[nH]1. The zero-order valence-electron chi connectivity index (χ0n) is 14.9. The molecule has 0 amide bonds. The third-order valence-electron chi connectivity index (χ3n) is 4.04. The summed E-state index contributed by atoms with van der Waals surface area (Å²) in [4.78, 5) is 11.9. The molecule has 0 aliphatic carbocycles. The van der Waals surface area contributed by atoms with Gasteiger partial charge in [0.25, 0.3) is 0 Å². The number of aromatic amines is 1. The van der Waals surface area contributed by atoms with Gasteiger partial charge in [-0.2, -0.15) is 0 Å². The van der Waals surface area contributed by atoms with E-state index in [4.69, 9.17) is 0 Å². The minimum absolute atomic E-state index is 0.191. The van der Waals surface area contributed by atoms with E-state index in [0.717, 1.165) is 22.6 Å². The molecule has 134 valence electrons. The highest BCUT2D eigenvalue weighted by Crippen LogP contribution is 2.15. The maximum atomic E-state index is 13.3. The van der Waals surface area contributed by atoms with E-state index in [0.29, 0.717) is 24.6 Å². The summed E-state index contributed by atoms with van der Waals surface area (Å²) in [5.74, 6) is 1.29. The van der Waals surface area contributed by atoms with Gasteiger partial charge in [0.2, 0.25) is 0 Å². The number of aromatic nitrogens is 2. The second-order valence-corrected chi connectivity index (χ2v) is 5.97. The van der Waals surface area contributed by atoms with E-state index in [1.165, 1.54) is 6.07 Å². The number of imidazole rings is 1. The summed E-state index contributed by atoms with van der Waals surface area (Å²) in [6.07, 6.45) is 1.82. The Balaban J connectivity index is 1.54. The Morgan fingerprint density at radius 1 is 1.12 bits per heavy atom. The van der Waals surface area contributed by atoms with E-state index >= 15 is 0 Å². The molecule has 0 spiro atoms. The molecule has 0 fully saturated rings. The number of guanidine groups is 1. The van der Waals surface area contributed by atoms with E-state index in [2.05, 4.69) is 25.6 Å². The van der Waals surface area contributed by atoms with Crippen LogP contribution in [0.5, 0.6) is 0 Å². The second kappa shape index (κ2) is 8.29. The first-order valence-corrected chi connectivity index (χ1v) is 8.44. The highest BCUT2D eigenvalue weighted by Gasteiger charge is 2.05. The lowest BCUT2D eigenvalue weighted by molar-refractivity contribution is 0.617. The second-order valence-electron chi connectivity index (χ2n) is 5.97. The predicted molar refractivity (Wildman–Crippen MR) is 102 cm³/mol. The van der Waals surface area contributed by atoms with Gasteiger partial charge in [0.05, 0.1) is 18.4 Å². The van der Waals surface area contributed by atoms with Gasteiger partial charge in [-0.05, 0) is 29.7 Å². The molecule has 3 aromatic rings. The van der Waals surface area contributed by atoms with Crippen molar-refractivity contribution < 1.29 is 4.39 Å². The van der Waals surface area contributed by atoms with E-state index in [1.807, 2.05) is 42.6 Å². The Labute approximate surface area is 152 Å². The topological polar surface area (TPSA) is 65.1 Å². The molecule has 2 aromatic carbocycles. The molecule has 3 rings (SSSR count). The van der Waals surface area contributed by atoms with Gasteiger partial charge in [0, 0.05) is 13.6 Å². The number of rotatable bonds is 5. The number of hydrogen-bond donors (Lipinski definition) is 3. The fourth-order valence-corrected chi connectivity index (χ4v) is 2.61. The smallest absolute Gasteiger partial charge is 0.191 e. The lowest BCUT2D eigenvalue weighted by Crippen LogP contribution is -2.36. The third-order valence-corrected chi connectivity index (χ3v) is 4.04. The molecule has 26 heavy (non-hydrogen) atoms. The lowest BCUT2D eigenvalue weighted by Gasteiger charge is -2.11. The molecule has 0 atom stereocenters. The van der Waals surface area contributed by atoms with Gasteiger partial charge in [-0.1, -0.05) is 42.5 Å². The summed E-state index contributed by atoms with van der Waals surface area (Å²) in [6.45, 7) is 2.84. The van der Waals surface area contributed by atoms with Crippen molar-refractivity contribution in [2.75, 3.05) is 7.05 Å².